The first-order valence-corrected chi connectivity index (χ1v) is 7.94. The van der Waals surface area contributed by atoms with Gasteiger partial charge in [0.25, 0.3) is 0 Å². The maximum atomic E-state index is 14.7. The summed E-state index contributed by atoms with van der Waals surface area (Å²) in [6, 6.07) is 7.69. The minimum Gasteiger partial charge on any atom is -0.379 e. The van der Waals surface area contributed by atoms with Crippen molar-refractivity contribution in [3.63, 3.8) is 0 Å². The fourth-order valence-electron chi connectivity index (χ4n) is 3.74. The van der Waals surface area contributed by atoms with E-state index >= 15 is 0 Å². The second kappa shape index (κ2) is 4.83. The molecule has 2 aromatic rings. The van der Waals surface area contributed by atoms with Gasteiger partial charge < -0.3 is 20.3 Å². The smallest absolute Gasteiger partial charge is 0.148 e. The molecular weight excluding hydrogens is 295 g/mol. The van der Waals surface area contributed by atoms with Gasteiger partial charge in [-0.1, -0.05) is 6.07 Å². The van der Waals surface area contributed by atoms with E-state index in [0.717, 1.165) is 35.7 Å². The second-order valence-corrected chi connectivity index (χ2v) is 6.34. The highest BCUT2D eigenvalue weighted by Crippen LogP contribution is 2.39. The van der Waals surface area contributed by atoms with Crippen LogP contribution in [0.25, 0.3) is 0 Å². The summed E-state index contributed by atoms with van der Waals surface area (Å²) in [7, 11) is 0. The minimum absolute atomic E-state index is 0.204. The van der Waals surface area contributed by atoms with E-state index in [1.807, 2.05) is 18.2 Å². The van der Waals surface area contributed by atoms with Crippen LogP contribution >= 0.6 is 0 Å². The number of pyridine rings is 1. The van der Waals surface area contributed by atoms with Crippen molar-refractivity contribution >= 4 is 22.9 Å². The topological polar surface area (TPSA) is 49.4 Å². The van der Waals surface area contributed by atoms with Crippen LogP contribution in [0.3, 0.4) is 0 Å². The molecule has 23 heavy (non-hydrogen) atoms. The molecule has 0 saturated carbocycles. The van der Waals surface area contributed by atoms with Gasteiger partial charge in [0.1, 0.15) is 11.6 Å². The molecule has 1 aromatic heterocycles. The summed E-state index contributed by atoms with van der Waals surface area (Å²) < 4.78 is 20.3. The molecule has 6 heteroatoms. The Labute approximate surface area is 133 Å². The highest BCUT2D eigenvalue weighted by atomic mass is 19.1. The third-order valence-corrected chi connectivity index (χ3v) is 4.91. The molecule has 2 bridgehead atoms. The summed E-state index contributed by atoms with van der Waals surface area (Å²) >= 11 is 0. The van der Waals surface area contributed by atoms with E-state index in [1.54, 1.807) is 12.3 Å². The predicted molar refractivity (Wildman–Crippen MR) is 86.7 cm³/mol. The summed E-state index contributed by atoms with van der Waals surface area (Å²) in [6.07, 6.45) is 2.98. The van der Waals surface area contributed by atoms with E-state index in [1.165, 1.54) is 0 Å². The van der Waals surface area contributed by atoms with Crippen LogP contribution in [0.1, 0.15) is 12.0 Å². The SMILES string of the molecule is Fc1cc2c(cc1N1C[C@@H]3C[C@H]1CO3)NCc1cccnc1N2. The van der Waals surface area contributed by atoms with Crippen LogP contribution in [0.2, 0.25) is 0 Å². The number of nitrogens with one attached hydrogen (secondary N) is 2. The van der Waals surface area contributed by atoms with Crippen LogP contribution in [0, 0.1) is 5.82 Å². The number of aromatic nitrogens is 1. The molecule has 2 saturated heterocycles. The number of anilines is 4. The molecular formula is C17H17FN4O. The van der Waals surface area contributed by atoms with Gasteiger partial charge in [0, 0.05) is 30.9 Å². The minimum atomic E-state index is -0.204. The molecule has 0 unspecified atom stereocenters. The second-order valence-electron chi connectivity index (χ2n) is 6.34. The largest absolute Gasteiger partial charge is 0.379 e. The molecule has 5 nitrogen and oxygen atoms in total. The van der Waals surface area contributed by atoms with E-state index < -0.39 is 0 Å². The molecule has 3 aliphatic heterocycles. The van der Waals surface area contributed by atoms with Gasteiger partial charge in [0.2, 0.25) is 0 Å². The first-order chi connectivity index (χ1) is 11.3. The van der Waals surface area contributed by atoms with Crippen molar-refractivity contribution in [3.8, 4) is 0 Å². The number of ether oxygens (including phenoxy) is 1. The maximum absolute atomic E-state index is 14.7. The Balaban J connectivity index is 1.53. The van der Waals surface area contributed by atoms with Gasteiger partial charge in [-0.2, -0.15) is 0 Å². The number of hydrogen-bond donors (Lipinski definition) is 2. The Hall–Kier alpha value is -2.34. The van der Waals surface area contributed by atoms with Crippen molar-refractivity contribution in [3.05, 3.63) is 41.8 Å². The Morgan fingerprint density at radius 3 is 3.09 bits per heavy atom. The van der Waals surface area contributed by atoms with Crippen LogP contribution in [0.5, 0.6) is 0 Å². The quantitative estimate of drug-likeness (QED) is 0.848. The lowest BCUT2D eigenvalue weighted by Crippen LogP contribution is -2.37. The number of morpholine rings is 1. The van der Waals surface area contributed by atoms with Crippen molar-refractivity contribution in [2.45, 2.75) is 25.1 Å². The van der Waals surface area contributed by atoms with Crippen LogP contribution in [0.4, 0.5) is 27.3 Å². The first-order valence-electron chi connectivity index (χ1n) is 7.94. The highest BCUT2D eigenvalue weighted by Gasteiger charge is 2.40. The highest BCUT2D eigenvalue weighted by molar-refractivity contribution is 5.80. The van der Waals surface area contributed by atoms with Gasteiger partial charge in [-0.3, -0.25) is 0 Å². The Morgan fingerprint density at radius 1 is 1.30 bits per heavy atom. The average molecular weight is 312 g/mol. The van der Waals surface area contributed by atoms with Crippen LogP contribution < -0.4 is 15.5 Å². The molecule has 0 radical (unpaired) electrons. The van der Waals surface area contributed by atoms with Crippen LogP contribution in [0.15, 0.2) is 30.5 Å². The van der Waals surface area contributed by atoms with Crippen LogP contribution in [-0.2, 0) is 11.3 Å². The van der Waals surface area contributed by atoms with E-state index in [9.17, 15) is 4.39 Å². The van der Waals surface area contributed by atoms with E-state index in [-0.39, 0.29) is 11.9 Å². The molecule has 0 spiro atoms. The zero-order chi connectivity index (χ0) is 15.4. The van der Waals surface area contributed by atoms with Crippen molar-refractivity contribution < 1.29 is 9.13 Å². The van der Waals surface area contributed by atoms with Gasteiger partial charge in [-0.15, -0.1) is 0 Å². The van der Waals surface area contributed by atoms with Gasteiger partial charge in [0.15, 0.2) is 0 Å². The number of nitrogens with zero attached hydrogens (tertiary/aromatic N) is 2. The van der Waals surface area contributed by atoms with Gasteiger partial charge in [-0.05, 0) is 18.6 Å². The van der Waals surface area contributed by atoms with Crippen molar-refractivity contribution in [1.29, 1.82) is 0 Å². The number of rotatable bonds is 1. The maximum Gasteiger partial charge on any atom is 0.148 e. The lowest BCUT2D eigenvalue weighted by atomic mass is 10.2. The summed E-state index contributed by atoms with van der Waals surface area (Å²) in [6.45, 7) is 2.14. The predicted octanol–water partition coefficient (Wildman–Crippen LogP) is 2.87. The molecule has 2 atom stereocenters. The Morgan fingerprint density at radius 2 is 2.26 bits per heavy atom. The fourth-order valence-corrected chi connectivity index (χ4v) is 3.74. The lowest BCUT2D eigenvalue weighted by molar-refractivity contribution is 0.0989. The third-order valence-electron chi connectivity index (χ3n) is 4.91. The Bertz CT molecular complexity index is 781. The molecule has 118 valence electrons. The molecule has 5 rings (SSSR count). The number of benzene rings is 1. The number of halogens is 1. The Kier molecular flexibility index (Phi) is 2.76. The summed E-state index contributed by atoms with van der Waals surface area (Å²) in [5, 5.41) is 6.63. The first kappa shape index (κ1) is 13.1. The molecule has 1 aromatic carbocycles. The monoisotopic (exact) mass is 312 g/mol. The molecule has 0 amide bonds. The van der Waals surface area contributed by atoms with Crippen molar-refractivity contribution in [2.75, 3.05) is 28.7 Å². The average Bonchev–Trinajstić information content (AvgIpc) is 3.13. The van der Waals surface area contributed by atoms with Gasteiger partial charge in [0.05, 0.1) is 35.8 Å². The summed E-state index contributed by atoms with van der Waals surface area (Å²) in [5.41, 5.74) is 3.36. The normalized spacial score (nSPS) is 24.5. The van der Waals surface area contributed by atoms with E-state index in [2.05, 4.69) is 20.5 Å². The molecule has 3 aliphatic rings. The summed E-state index contributed by atoms with van der Waals surface area (Å²) in [4.78, 5) is 6.48. The third kappa shape index (κ3) is 2.05. The van der Waals surface area contributed by atoms with Crippen molar-refractivity contribution in [1.82, 2.24) is 4.98 Å². The lowest BCUT2D eigenvalue weighted by Gasteiger charge is -2.30. The van der Waals surface area contributed by atoms with Gasteiger partial charge in [-0.25, -0.2) is 9.37 Å². The molecule has 2 fully saturated rings. The fraction of sp³-hybridized carbons (Fsp3) is 0.353. The van der Waals surface area contributed by atoms with Crippen molar-refractivity contribution in [2.24, 2.45) is 0 Å². The van der Waals surface area contributed by atoms with E-state index in [0.29, 0.717) is 24.9 Å². The van der Waals surface area contributed by atoms with Crippen LogP contribution in [-0.4, -0.2) is 30.3 Å². The van der Waals surface area contributed by atoms with Gasteiger partial charge >= 0.3 is 0 Å². The molecule has 2 N–H and O–H groups in total. The zero-order valence-electron chi connectivity index (χ0n) is 12.6. The molecule has 4 heterocycles. The van der Waals surface area contributed by atoms with E-state index in [4.69, 9.17) is 4.74 Å². The number of fused-ring (bicyclic) bond motifs is 4. The number of hydrogen-bond acceptors (Lipinski definition) is 5. The molecule has 0 aliphatic carbocycles. The zero-order valence-corrected chi connectivity index (χ0v) is 12.6. The standard InChI is InChI=1S/C17H17FN4O/c18-13-5-15-14(20-7-10-2-1-3-19-17(10)21-15)6-16(13)22-8-12-4-11(22)9-23-12/h1-3,5-6,11-12,20H,4,7-9H2,(H,19,21)/t11-,12-/m0/s1. The summed E-state index contributed by atoms with van der Waals surface area (Å²) in [5.74, 6) is 0.574.